The van der Waals surface area contributed by atoms with Crippen LogP contribution in [0.4, 0.5) is 0 Å². The zero-order chi connectivity index (χ0) is 62.8. The van der Waals surface area contributed by atoms with Gasteiger partial charge in [-0.1, -0.05) is 107 Å². The van der Waals surface area contributed by atoms with Gasteiger partial charge >= 0.3 is 0 Å². The molecule has 1 fully saturated rings. The number of aliphatic hydroxyl groups is 2. The molecule has 1 heterocycles. The maximum absolute atomic E-state index is 14.2. The molecule has 0 spiro atoms. The Morgan fingerprint density at radius 1 is 0.659 bits per heavy atom. The standard InChI is InChI=1S/C59H109N11O12/c1-17-20-21-22-23-24-26-43(60)55(80)70-28-25-27-45(70)51(76)63-44(32-37(8)31-42(73)33-41(72)19-3)50(75)62-40(11)49(74)64-46(35(4)5)52(77)65-47(36(6)7)53(78)66-48(38(9)18-2)54(79)67-59(14,15)57(82)68-58(12,13)56(81)61-39(10)34-69(16)29-30-71/h35-40,42-48,71,73H,17-34,60H2,1-16H3,(H,61,81)(H,62,75)(H,63,76)(H,64,74)(H,65,77)(H,66,78)(H,67,79)(H,68,82)/t37?,38-,39?,40-,42?,43-,44-,45-,46-,47-,48-/m0/s1. The molecule has 0 aromatic carbocycles. The third-order valence-corrected chi connectivity index (χ3v) is 15.3. The number of carbonyl (C=O) groups excluding carboxylic acids is 10. The number of rotatable bonds is 39. The predicted molar refractivity (Wildman–Crippen MR) is 316 cm³/mol. The van der Waals surface area contributed by atoms with Crippen molar-refractivity contribution in [3.05, 3.63) is 0 Å². The SMILES string of the molecule is CCCCCCCC[C@H](N)C(=O)N1CCC[C@H]1C(=O)N[C@@H](CC(C)CC(O)CC(=O)CC)C(=O)N[C@@H](C)C(=O)N[C@H](C(=O)N[C@H](C(=O)N[C@H](C(=O)NC(C)(C)C(=O)NC(C)(C)C(=O)NC(C)CN(C)CCO)[C@@H](C)CC)C(C)C)C(C)C. The highest BCUT2D eigenvalue weighted by molar-refractivity contribution is 5.99. The van der Waals surface area contributed by atoms with E-state index in [4.69, 9.17) is 5.73 Å². The van der Waals surface area contributed by atoms with Crippen molar-refractivity contribution in [2.24, 2.45) is 29.4 Å². The number of amides is 9. The summed E-state index contributed by atoms with van der Waals surface area (Å²) in [7, 11) is 1.80. The quantitative estimate of drug-likeness (QED) is 0.0394. The third kappa shape index (κ3) is 25.7. The predicted octanol–water partition coefficient (Wildman–Crippen LogP) is 2.22. The lowest BCUT2D eigenvalue weighted by Crippen LogP contribution is -2.66. The van der Waals surface area contributed by atoms with Gasteiger partial charge in [0.15, 0.2) is 0 Å². The molecule has 82 heavy (non-hydrogen) atoms. The van der Waals surface area contributed by atoms with E-state index in [9.17, 15) is 58.2 Å². The van der Waals surface area contributed by atoms with Crippen LogP contribution < -0.4 is 48.3 Å². The summed E-state index contributed by atoms with van der Waals surface area (Å²) in [5.74, 6) is -7.70. The van der Waals surface area contributed by atoms with E-state index in [1.807, 2.05) is 11.8 Å². The number of nitrogens with two attached hydrogens (primary N) is 1. The number of unbranched alkanes of at least 4 members (excludes halogenated alkanes) is 5. The van der Waals surface area contributed by atoms with Crippen LogP contribution in [0, 0.1) is 23.7 Å². The van der Waals surface area contributed by atoms with Gasteiger partial charge in [0.25, 0.3) is 0 Å². The van der Waals surface area contributed by atoms with E-state index >= 15 is 0 Å². The van der Waals surface area contributed by atoms with Gasteiger partial charge in [-0.05, 0) is 104 Å². The van der Waals surface area contributed by atoms with E-state index in [0.717, 1.165) is 38.5 Å². The Labute approximate surface area is 489 Å². The van der Waals surface area contributed by atoms with E-state index < -0.39 is 130 Å². The fraction of sp³-hybridized carbons (Fsp3) is 0.831. The molecule has 1 aliphatic heterocycles. The summed E-state index contributed by atoms with van der Waals surface area (Å²) in [4.78, 5) is 141. The summed E-state index contributed by atoms with van der Waals surface area (Å²) in [5, 5.41) is 42.0. The molecule has 1 rings (SSSR count). The number of likely N-dealkylation sites (tertiary alicyclic amines) is 1. The van der Waals surface area contributed by atoms with E-state index in [2.05, 4.69) is 49.5 Å². The van der Waals surface area contributed by atoms with Crippen molar-refractivity contribution >= 4 is 58.9 Å². The molecule has 0 aromatic rings. The molecule has 23 nitrogen and oxygen atoms in total. The third-order valence-electron chi connectivity index (χ3n) is 15.3. The molecule has 1 aliphatic rings. The number of nitrogens with one attached hydrogen (secondary N) is 8. The normalized spacial score (nSPS) is 17.5. The summed E-state index contributed by atoms with van der Waals surface area (Å²) >= 11 is 0. The van der Waals surface area contributed by atoms with Crippen molar-refractivity contribution in [2.45, 2.75) is 259 Å². The molecular formula is C59H109N11O12. The fourth-order valence-corrected chi connectivity index (χ4v) is 9.77. The summed E-state index contributed by atoms with van der Waals surface area (Å²) in [6.07, 6.45) is 7.32. The van der Waals surface area contributed by atoms with Crippen molar-refractivity contribution in [2.75, 3.05) is 33.3 Å². The number of nitrogens with zero attached hydrogens (tertiary/aromatic N) is 2. The van der Waals surface area contributed by atoms with Gasteiger partial charge in [-0.3, -0.25) is 47.9 Å². The lowest BCUT2D eigenvalue weighted by atomic mass is 9.92. The first-order chi connectivity index (χ1) is 38.2. The zero-order valence-corrected chi connectivity index (χ0v) is 52.7. The highest BCUT2D eigenvalue weighted by Gasteiger charge is 2.42. The molecule has 1 saturated heterocycles. The minimum Gasteiger partial charge on any atom is -0.395 e. The van der Waals surface area contributed by atoms with Gasteiger partial charge in [-0.15, -0.1) is 0 Å². The molecule has 11 atom stereocenters. The lowest BCUT2D eigenvalue weighted by molar-refractivity contribution is -0.140. The Morgan fingerprint density at radius 2 is 1.21 bits per heavy atom. The van der Waals surface area contributed by atoms with Gasteiger partial charge in [0.2, 0.25) is 53.2 Å². The molecule has 472 valence electrons. The molecule has 12 N–H and O–H groups in total. The summed E-state index contributed by atoms with van der Waals surface area (Å²) < 4.78 is 0. The van der Waals surface area contributed by atoms with Gasteiger partial charge < -0.3 is 68.3 Å². The maximum Gasteiger partial charge on any atom is 0.246 e. The smallest absolute Gasteiger partial charge is 0.246 e. The number of carbonyl (C=O) groups is 10. The van der Waals surface area contributed by atoms with Crippen LogP contribution in [0.15, 0.2) is 0 Å². The Balaban J connectivity index is 3.27. The summed E-state index contributed by atoms with van der Waals surface area (Å²) in [6.45, 7) is 26.3. The van der Waals surface area contributed by atoms with Crippen molar-refractivity contribution in [1.29, 1.82) is 0 Å². The molecule has 0 aromatic heterocycles. The van der Waals surface area contributed by atoms with Gasteiger partial charge in [-0.25, -0.2) is 0 Å². The van der Waals surface area contributed by atoms with Gasteiger partial charge in [0.1, 0.15) is 53.1 Å². The summed E-state index contributed by atoms with van der Waals surface area (Å²) in [5.41, 5.74) is 3.39. The number of aliphatic hydroxyl groups excluding tert-OH is 2. The fourth-order valence-electron chi connectivity index (χ4n) is 9.77. The van der Waals surface area contributed by atoms with Crippen LogP contribution in [0.3, 0.4) is 0 Å². The first-order valence-corrected chi connectivity index (χ1v) is 30.2. The second kappa shape index (κ2) is 36.4. The second-order valence-corrected chi connectivity index (χ2v) is 24.9. The number of likely N-dealkylation sites (N-methyl/N-ethyl adjacent to an activating group) is 1. The van der Waals surface area contributed by atoms with Crippen molar-refractivity contribution in [3.63, 3.8) is 0 Å². The van der Waals surface area contributed by atoms with Crippen molar-refractivity contribution < 1.29 is 58.2 Å². The van der Waals surface area contributed by atoms with Crippen LogP contribution in [-0.2, 0) is 47.9 Å². The number of hydrogen-bond acceptors (Lipinski definition) is 14. The topological polar surface area (TPSA) is 340 Å². The summed E-state index contributed by atoms with van der Waals surface area (Å²) in [6, 6.07) is -8.10. The minimum absolute atomic E-state index is 0.00829. The van der Waals surface area contributed by atoms with Crippen LogP contribution >= 0.6 is 0 Å². The van der Waals surface area contributed by atoms with Gasteiger partial charge in [0, 0.05) is 38.5 Å². The van der Waals surface area contributed by atoms with Crippen LogP contribution in [-0.4, -0.2) is 178 Å². The highest BCUT2D eigenvalue weighted by atomic mass is 16.3. The number of hydrogen-bond donors (Lipinski definition) is 11. The molecular weight excluding hydrogens is 1050 g/mol. The highest BCUT2D eigenvalue weighted by Crippen LogP contribution is 2.22. The molecule has 3 unspecified atom stereocenters. The Morgan fingerprint density at radius 3 is 1.76 bits per heavy atom. The monoisotopic (exact) mass is 1160 g/mol. The van der Waals surface area contributed by atoms with Crippen molar-refractivity contribution in [1.82, 2.24) is 52.3 Å². The molecule has 0 bridgehead atoms. The Hall–Kier alpha value is -5.26. The van der Waals surface area contributed by atoms with Crippen molar-refractivity contribution in [3.8, 4) is 0 Å². The van der Waals surface area contributed by atoms with E-state index in [0.29, 0.717) is 45.3 Å². The van der Waals surface area contributed by atoms with Crippen LogP contribution in [0.1, 0.15) is 194 Å². The first-order valence-electron chi connectivity index (χ1n) is 30.2. The van der Waals surface area contributed by atoms with Gasteiger partial charge in [-0.2, -0.15) is 0 Å². The van der Waals surface area contributed by atoms with Crippen LogP contribution in [0.25, 0.3) is 0 Å². The van der Waals surface area contributed by atoms with E-state index in [-0.39, 0.29) is 50.0 Å². The molecule has 0 saturated carbocycles. The maximum atomic E-state index is 14.2. The van der Waals surface area contributed by atoms with Crippen LogP contribution in [0.2, 0.25) is 0 Å². The van der Waals surface area contributed by atoms with E-state index in [1.165, 1.54) is 39.5 Å². The Bertz CT molecular complexity index is 2090. The first kappa shape index (κ1) is 74.8. The largest absolute Gasteiger partial charge is 0.395 e. The molecule has 23 heteroatoms. The molecule has 0 radical (unpaired) electrons. The number of ketones is 1. The average Bonchev–Trinajstić information content (AvgIpc) is 3.89. The second-order valence-electron chi connectivity index (χ2n) is 24.9. The van der Waals surface area contributed by atoms with Gasteiger partial charge in [0.05, 0.1) is 18.8 Å². The number of Topliss-reactive ketones (excluding diaryl/α,β-unsaturated/α-hetero) is 1. The molecule has 9 amide bonds. The lowest BCUT2D eigenvalue weighted by Gasteiger charge is -2.35. The average molecular weight is 1160 g/mol. The Kier molecular flexibility index (Phi) is 33.2. The molecule has 0 aliphatic carbocycles. The zero-order valence-electron chi connectivity index (χ0n) is 52.7. The van der Waals surface area contributed by atoms with E-state index in [1.54, 1.807) is 62.4 Å². The minimum atomic E-state index is -1.57. The van der Waals surface area contributed by atoms with Crippen LogP contribution in [0.5, 0.6) is 0 Å².